The van der Waals surface area contributed by atoms with Crippen molar-refractivity contribution in [2.45, 2.75) is 26.8 Å². The lowest BCUT2D eigenvalue weighted by Gasteiger charge is -2.04. The fourth-order valence-corrected chi connectivity index (χ4v) is 2.60. The van der Waals surface area contributed by atoms with Crippen molar-refractivity contribution in [2.24, 2.45) is 0 Å². The highest BCUT2D eigenvalue weighted by atomic mass is 32.1. The van der Waals surface area contributed by atoms with Crippen LogP contribution < -0.4 is 0 Å². The molecule has 0 aromatic carbocycles. The molecule has 3 nitrogen and oxygen atoms in total. The lowest BCUT2D eigenvalue weighted by atomic mass is 10.3. The monoisotopic (exact) mass is 239 g/mol. The molecule has 0 aliphatic carbocycles. The van der Waals surface area contributed by atoms with Crippen LogP contribution in [0.1, 0.15) is 23.2 Å². The van der Waals surface area contributed by atoms with E-state index in [-0.39, 0.29) is 0 Å². The zero-order valence-electron chi connectivity index (χ0n) is 8.78. The predicted octanol–water partition coefficient (Wildman–Crippen LogP) is 2.92. The first-order valence-electron chi connectivity index (χ1n) is 4.89. The van der Waals surface area contributed by atoms with Crippen LogP contribution in [0.5, 0.6) is 0 Å². The fourth-order valence-electron chi connectivity index (χ4n) is 1.49. The Morgan fingerprint density at radius 2 is 2.40 bits per heavy atom. The Kier molecular flexibility index (Phi) is 3.02. The number of H-pyrrole nitrogens is 1. The molecule has 0 aliphatic rings. The molecule has 0 fully saturated rings. The van der Waals surface area contributed by atoms with Gasteiger partial charge in [0.15, 0.2) is 4.77 Å². The maximum absolute atomic E-state index is 5.21. The first-order valence-corrected chi connectivity index (χ1v) is 6.18. The van der Waals surface area contributed by atoms with E-state index in [1.807, 2.05) is 0 Å². The second-order valence-electron chi connectivity index (χ2n) is 3.41. The minimum Gasteiger partial charge on any atom is -0.299 e. The summed E-state index contributed by atoms with van der Waals surface area (Å²) in [5, 5.41) is 9.15. The Bertz CT molecular complexity index is 507. The molecule has 2 heterocycles. The zero-order valence-corrected chi connectivity index (χ0v) is 10.4. The van der Waals surface area contributed by atoms with Crippen LogP contribution in [0.4, 0.5) is 0 Å². The van der Waals surface area contributed by atoms with Crippen molar-refractivity contribution in [3.8, 4) is 0 Å². The number of nitrogens with one attached hydrogen (secondary N) is 1. The molecule has 0 saturated heterocycles. The van der Waals surface area contributed by atoms with Crippen molar-refractivity contribution in [1.29, 1.82) is 0 Å². The maximum atomic E-state index is 5.21. The standard InChI is InChI=1S/C10H13N3S2/c1-3-9-11-12-10(14)13(9)6-8-7(2)4-5-15-8/h4-5H,3,6H2,1-2H3,(H,12,14). The van der Waals surface area contributed by atoms with Gasteiger partial charge in [0.2, 0.25) is 0 Å². The van der Waals surface area contributed by atoms with Crippen molar-refractivity contribution in [3.05, 3.63) is 32.5 Å². The smallest absolute Gasteiger partial charge is 0.195 e. The van der Waals surface area contributed by atoms with Crippen molar-refractivity contribution >= 4 is 23.6 Å². The van der Waals surface area contributed by atoms with Gasteiger partial charge in [0.05, 0.1) is 6.54 Å². The van der Waals surface area contributed by atoms with Gasteiger partial charge in [-0.05, 0) is 36.2 Å². The van der Waals surface area contributed by atoms with Crippen LogP contribution >= 0.6 is 23.6 Å². The molecule has 2 aromatic heterocycles. The van der Waals surface area contributed by atoms with Gasteiger partial charge in [-0.3, -0.25) is 9.67 Å². The number of aromatic amines is 1. The van der Waals surface area contributed by atoms with Crippen LogP contribution in [0.15, 0.2) is 11.4 Å². The van der Waals surface area contributed by atoms with E-state index in [2.05, 4.69) is 40.1 Å². The molecule has 0 aliphatic heterocycles. The number of aromatic nitrogens is 3. The third-order valence-corrected chi connectivity index (χ3v) is 3.74. The average molecular weight is 239 g/mol. The predicted molar refractivity (Wildman–Crippen MR) is 64.9 cm³/mol. The molecule has 0 spiro atoms. The number of hydrogen-bond donors (Lipinski definition) is 1. The van der Waals surface area contributed by atoms with Gasteiger partial charge in [0, 0.05) is 11.3 Å². The van der Waals surface area contributed by atoms with E-state index in [4.69, 9.17) is 12.2 Å². The number of thiophene rings is 1. The van der Waals surface area contributed by atoms with Crippen molar-refractivity contribution in [3.63, 3.8) is 0 Å². The van der Waals surface area contributed by atoms with E-state index in [0.29, 0.717) is 4.77 Å². The molecular formula is C10H13N3S2. The van der Waals surface area contributed by atoms with Crippen molar-refractivity contribution in [1.82, 2.24) is 14.8 Å². The average Bonchev–Trinajstić information content (AvgIpc) is 2.77. The van der Waals surface area contributed by atoms with E-state index in [1.165, 1.54) is 10.4 Å². The first-order chi connectivity index (χ1) is 7.22. The van der Waals surface area contributed by atoms with Crippen LogP contribution in [0.25, 0.3) is 0 Å². The summed E-state index contributed by atoms with van der Waals surface area (Å²) in [7, 11) is 0. The number of aryl methyl sites for hydroxylation is 2. The Hall–Kier alpha value is -0.940. The summed E-state index contributed by atoms with van der Waals surface area (Å²) in [5.41, 5.74) is 1.32. The van der Waals surface area contributed by atoms with Crippen LogP contribution in [0, 0.1) is 11.7 Å². The summed E-state index contributed by atoms with van der Waals surface area (Å²) in [6, 6.07) is 2.13. The second-order valence-corrected chi connectivity index (χ2v) is 4.80. The molecular weight excluding hydrogens is 226 g/mol. The van der Waals surface area contributed by atoms with Crippen LogP contribution in [0.3, 0.4) is 0 Å². The summed E-state index contributed by atoms with van der Waals surface area (Å²) in [4.78, 5) is 1.35. The molecule has 2 rings (SSSR count). The summed E-state index contributed by atoms with van der Waals surface area (Å²) >= 11 is 6.97. The first kappa shape index (κ1) is 10.6. The van der Waals surface area contributed by atoms with Gasteiger partial charge in [0.25, 0.3) is 0 Å². The second kappa shape index (κ2) is 4.28. The van der Waals surface area contributed by atoms with Crippen molar-refractivity contribution in [2.75, 3.05) is 0 Å². The van der Waals surface area contributed by atoms with E-state index in [1.54, 1.807) is 11.3 Å². The molecule has 0 bridgehead atoms. The Morgan fingerprint density at radius 1 is 1.60 bits per heavy atom. The summed E-state index contributed by atoms with van der Waals surface area (Å²) in [5.74, 6) is 1.02. The third-order valence-electron chi connectivity index (χ3n) is 2.42. The maximum Gasteiger partial charge on any atom is 0.195 e. The molecule has 2 aromatic rings. The van der Waals surface area contributed by atoms with E-state index >= 15 is 0 Å². The molecule has 15 heavy (non-hydrogen) atoms. The van der Waals surface area contributed by atoms with Gasteiger partial charge in [-0.25, -0.2) is 0 Å². The topological polar surface area (TPSA) is 33.6 Å². The zero-order chi connectivity index (χ0) is 10.8. The lowest BCUT2D eigenvalue weighted by Crippen LogP contribution is -2.04. The number of nitrogens with zero attached hydrogens (tertiary/aromatic N) is 2. The summed E-state index contributed by atoms with van der Waals surface area (Å²) < 4.78 is 2.77. The van der Waals surface area contributed by atoms with E-state index in [9.17, 15) is 0 Å². The van der Waals surface area contributed by atoms with Gasteiger partial charge in [-0.15, -0.1) is 11.3 Å². The van der Waals surface area contributed by atoms with E-state index < -0.39 is 0 Å². The minimum absolute atomic E-state index is 0.708. The molecule has 0 amide bonds. The lowest BCUT2D eigenvalue weighted by molar-refractivity contribution is 0.730. The molecule has 0 radical (unpaired) electrons. The number of hydrogen-bond acceptors (Lipinski definition) is 3. The highest BCUT2D eigenvalue weighted by Gasteiger charge is 2.06. The fraction of sp³-hybridized carbons (Fsp3) is 0.400. The molecule has 1 N–H and O–H groups in total. The van der Waals surface area contributed by atoms with Gasteiger partial charge in [-0.1, -0.05) is 6.92 Å². The van der Waals surface area contributed by atoms with Crippen LogP contribution in [-0.4, -0.2) is 14.8 Å². The molecule has 0 saturated carbocycles. The summed E-state index contributed by atoms with van der Waals surface area (Å²) in [6.45, 7) is 5.05. The van der Waals surface area contributed by atoms with Gasteiger partial charge >= 0.3 is 0 Å². The molecule has 0 unspecified atom stereocenters. The minimum atomic E-state index is 0.708. The highest BCUT2D eigenvalue weighted by Crippen LogP contribution is 2.17. The molecule has 80 valence electrons. The van der Waals surface area contributed by atoms with Gasteiger partial charge in [-0.2, -0.15) is 5.10 Å². The Morgan fingerprint density at radius 3 is 3.00 bits per heavy atom. The quantitative estimate of drug-likeness (QED) is 0.836. The highest BCUT2D eigenvalue weighted by molar-refractivity contribution is 7.71. The number of rotatable bonds is 3. The SMILES string of the molecule is CCc1n[nH]c(=S)n1Cc1sccc1C. The van der Waals surface area contributed by atoms with Crippen molar-refractivity contribution < 1.29 is 0 Å². The Labute approximate surface area is 97.8 Å². The van der Waals surface area contributed by atoms with Gasteiger partial charge in [0.1, 0.15) is 5.82 Å². The summed E-state index contributed by atoms with van der Waals surface area (Å²) in [6.07, 6.45) is 0.900. The van der Waals surface area contributed by atoms with Crippen LogP contribution in [0.2, 0.25) is 0 Å². The normalized spacial score (nSPS) is 10.8. The third kappa shape index (κ3) is 2.03. The van der Waals surface area contributed by atoms with Crippen LogP contribution in [-0.2, 0) is 13.0 Å². The van der Waals surface area contributed by atoms with E-state index in [0.717, 1.165) is 18.8 Å². The largest absolute Gasteiger partial charge is 0.299 e. The molecule has 5 heteroatoms. The van der Waals surface area contributed by atoms with Gasteiger partial charge < -0.3 is 0 Å². The molecule has 0 atom stereocenters. The Balaban J connectivity index is 2.35.